The fraction of sp³-hybridized carbons (Fsp3) is 0.118. The molecule has 0 saturated carbocycles. The number of anilines is 1. The number of hydrogen-bond donors (Lipinski definition) is 2. The van der Waals surface area contributed by atoms with E-state index in [1.807, 2.05) is 6.07 Å². The topological polar surface area (TPSA) is 93.7 Å². The molecular formula is C17H12N2O5. The molecule has 0 saturated heterocycles. The summed E-state index contributed by atoms with van der Waals surface area (Å²) in [5.74, 6) is -0.211. The van der Waals surface area contributed by atoms with Gasteiger partial charge in [-0.3, -0.25) is 19.7 Å². The number of hydrogen-bond acceptors (Lipinski definition) is 5. The zero-order valence-corrected chi connectivity index (χ0v) is 12.4. The number of rotatable bonds is 2. The highest BCUT2D eigenvalue weighted by molar-refractivity contribution is 6.22. The molecule has 7 nitrogen and oxygen atoms in total. The molecule has 0 spiro atoms. The van der Waals surface area contributed by atoms with E-state index in [1.165, 1.54) is 12.1 Å². The van der Waals surface area contributed by atoms with Crippen LogP contribution in [0.5, 0.6) is 11.5 Å². The van der Waals surface area contributed by atoms with Crippen molar-refractivity contribution in [2.75, 3.05) is 11.9 Å². The Hall–Kier alpha value is -3.35. The molecule has 0 fully saturated rings. The molecule has 0 aliphatic carbocycles. The Labute approximate surface area is 136 Å². The number of nitrogens with one attached hydrogen (secondary N) is 2. The normalized spacial score (nSPS) is 17.9. The molecule has 0 aromatic heterocycles. The summed E-state index contributed by atoms with van der Waals surface area (Å²) in [6, 6.07) is 11.6. The molecule has 120 valence electrons. The van der Waals surface area contributed by atoms with Crippen molar-refractivity contribution >= 4 is 23.4 Å². The van der Waals surface area contributed by atoms with Gasteiger partial charge in [0.05, 0.1) is 11.1 Å². The van der Waals surface area contributed by atoms with Crippen molar-refractivity contribution < 1.29 is 23.9 Å². The van der Waals surface area contributed by atoms with Gasteiger partial charge in [-0.1, -0.05) is 12.1 Å². The molecule has 1 atom stereocenters. The summed E-state index contributed by atoms with van der Waals surface area (Å²) < 4.78 is 11.1. The van der Waals surface area contributed by atoms with E-state index in [4.69, 9.17) is 9.47 Å². The van der Waals surface area contributed by atoms with Crippen LogP contribution in [0.2, 0.25) is 0 Å². The van der Waals surface area contributed by atoms with Crippen LogP contribution in [0.4, 0.5) is 5.69 Å². The molecule has 24 heavy (non-hydrogen) atoms. The molecule has 2 aliphatic rings. The van der Waals surface area contributed by atoms with Crippen LogP contribution >= 0.6 is 0 Å². The maximum Gasteiger partial charge on any atom is 0.269 e. The molecule has 1 unspecified atom stereocenters. The number of para-hydroxylation sites is 2. The van der Waals surface area contributed by atoms with Gasteiger partial charge in [0.15, 0.2) is 11.5 Å². The highest BCUT2D eigenvalue weighted by atomic mass is 16.6. The first-order valence-corrected chi connectivity index (χ1v) is 7.31. The third-order valence-corrected chi connectivity index (χ3v) is 3.80. The van der Waals surface area contributed by atoms with Crippen LogP contribution in [0.15, 0.2) is 42.5 Å². The van der Waals surface area contributed by atoms with Gasteiger partial charge in [0.2, 0.25) is 6.10 Å². The van der Waals surface area contributed by atoms with Gasteiger partial charge in [-0.25, -0.2) is 0 Å². The summed E-state index contributed by atoms with van der Waals surface area (Å²) in [6.07, 6.45) is -0.802. The van der Waals surface area contributed by atoms with E-state index in [1.54, 1.807) is 24.3 Å². The zero-order chi connectivity index (χ0) is 16.7. The van der Waals surface area contributed by atoms with Crippen LogP contribution in [0, 0.1) is 0 Å². The van der Waals surface area contributed by atoms with Crippen LogP contribution in [-0.2, 0) is 4.79 Å². The standard InChI is InChI=1S/C17H12N2O5/c20-15-10-6-5-9(7-11(10)16(21)19-15)18-17(22)14-8-23-12-3-1-2-4-13(12)24-14/h1-7,14H,8H2,(H,18,22)(H,19,20,21). The van der Waals surface area contributed by atoms with E-state index < -0.39 is 23.8 Å². The van der Waals surface area contributed by atoms with Gasteiger partial charge >= 0.3 is 0 Å². The Balaban J connectivity index is 1.51. The average Bonchev–Trinajstić information content (AvgIpc) is 2.88. The maximum atomic E-state index is 12.3. The Kier molecular flexibility index (Phi) is 3.19. The number of ether oxygens (including phenoxy) is 2. The zero-order valence-electron chi connectivity index (χ0n) is 12.4. The number of benzene rings is 2. The van der Waals surface area contributed by atoms with Crippen molar-refractivity contribution in [2.45, 2.75) is 6.10 Å². The lowest BCUT2D eigenvalue weighted by Crippen LogP contribution is -2.40. The van der Waals surface area contributed by atoms with Crippen LogP contribution in [0.25, 0.3) is 0 Å². The third-order valence-electron chi connectivity index (χ3n) is 3.80. The monoisotopic (exact) mass is 324 g/mol. The lowest BCUT2D eigenvalue weighted by molar-refractivity contribution is -0.125. The van der Waals surface area contributed by atoms with Gasteiger partial charge in [-0.05, 0) is 30.3 Å². The minimum Gasteiger partial charge on any atom is -0.485 e. The van der Waals surface area contributed by atoms with Crippen LogP contribution in [-0.4, -0.2) is 30.4 Å². The molecule has 2 aliphatic heterocycles. The number of fused-ring (bicyclic) bond motifs is 2. The number of carbonyl (C=O) groups excluding carboxylic acids is 3. The summed E-state index contributed by atoms with van der Waals surface area (Å²) >= 11 is 0. The molecule has 4 rings (SSSR count). The first kappa shape index (κ1) is 14.3. The predicted octanol–water partition coefficient (Wildman–Crippen LogP) is 1.35. The summed E-state index contributed by atoms with van der Waals surface area (Å²) in [6.45, 7) is 0.0900. The molecule has 0 radical (unpaired) electrons. The van der Waals surface area contributed by atoms with Crippen LogP contribution in [0.1, 0.15) is 20.7 Å². The van der Waals surface area contributed by atoms with Crippen molar-refractivity contribution in [2.24, 2.45) is 0 Å². The van der Waals surface area contributed by atoms with Crippen molar-refractivity contribution in [3.05, 3.63) is 53.6 Å². The van der Waals surface area contributed by atoms with E-state index in [2.05, 4.69) is 10.6 Å². The minimum absolute atomic E-state index is 0.0900. The minimum atomic E-state index is -0.802. The predicted molar refractivity (Wildman–Crippen MR) is 83.2 cm³/mol. The lowest BCUT2D eigenvalue weighted by Gasteiger charge is -2.25. The van der Waals surface area contributed by atoms with E-state index in [0.29, 0.717) is 22.7 Å². The van der Waals surface area contributed by atoms with Crippen molar-refractivity contribution in [1.29, 1.82) is 0 Å². The van der Waals surface area contributed by atoms with Crippen LogP contribution in [0.3, 0.4) is 0 Å². The van der Waals surface area contributed by atoms with E-state index in [0.717, 1.165) is 0 Å². The highest BCUT2D eigenvalue weighted by Gasteiger charge is 2.29. The SMILES string of the molecule is O=C1NC(=O)c2cc(NC(=O)C3COc4ccccc4O3)ccc21. The summed E-state index contributed by atoms with van der Waals surface area (Å²) in [5, 5.41) is 4.87. The van der Waals surface area contributed by atoms with Gasteiger partial charge in [-0.2, -0.15) is 0 Å². The Morgan fingerprint density at radius 1 is 1.04 bits per heavy atom. The van der Waals surface area contributed by atoms with Crippen LogP contribution < -0.4 is 20.1 Å². The summed E-state index contributed by atoms with van der Waals surface area (Å²) in [5.41, 5.74) is 0.944. The van der Waals surface area contributed by atoms with Crippen molar-refractivity contribution in [3.8, 4) is 11.5 Å². The number of amides is 3. The Bertz CT molecular complexity index is 877. The van der Waals surface area contributed by atoms with E-state index in [9.17, 15) is 14.4 Å². The van der Waals surface area contributed by atoms with Gasteiger partial charge < -0.3 is 14.8 Å². The third kappa shape index (κ3) is 2.36. The summed E-state index contributed by atoms with van der Waals surface area (Å²) in [4.78, 5) is 35.5. The van der Waals surface area contributed by atoms with Crippen molar-refractivity contribution in [1.82, 2.24) is 5.32 Å². The van der Waals surface area contributed by atoms with Gasteiger partial charge in [-0.15, -0.1) is 0 Å². The molecule has 7 heteroatoms. The van der Waals surface area contributed by atoms with Gasteiger partial charge in [0, 0.05) is 5.69 Å². The van der Waals surface area contributed by atoms with E-state index in [-0.39, 0.29) is 12.2 Å². The Morgan fingerprint density at radius 3 is 2.62 bits per heavy atom. The smallest absolute Gasteiger partial charge is 0.269 e. The first-order chi connectivity index (χ1) is 11.6. The largest absolute Gasteiger partial charge is 0.485 e. The molecule has 0 bridgehead atoms. The first-order valence-electron chi connectivity index (χ1n) is 7.31. The molecule has 2 heterocycles. The van der Waals surface area contributed by atoms with Gasteiger partial charge in [0.25, 0.3) is 17.7 Å². The second-order valence-electron chi connectivity index (χ2n) is 5.40. The molecule has 2 aromatic rings. The number of imide groups is 1. The molecule has 2 N–H and O–H groups in total. The van der Waals surface area contributed by atoms with Gasteiger partial charge in [0.1, 0.15) is 6.61 Å². The van der Waals surface area contributed by atoms with Crippen molar-refractivity contribution in [3.63, 3.8) is 0 Å². The second kappa shape index (κ2) is 5.38. The fourth-order valence-electron chi connectivity index (χ4n) is 2.62. The molecule has 2 aromatic carbocycles. The van der Waals surface area contributed by atoms with E-state index >= 15 is 0 Å². The number of carbonyl (C=O) groups is 3. The summed E-state index contributed by atoms with van der Waals surface area (Å²) in [7, 11) is 0. The Morgan fingerprint density at radius 2 is 1.79 bits per heavy atom. The quantitative estimate of drug-likeness (QED) is 0.813. The lowest BCUT2D eigenvalue weighted by atomic mass is 10.1. The second-order valence-corrected chi connectivity index (χ2v) is 5.40. The average molecular weight is 324 g/mol. The maximum absolute atomic E-state index is 12.3. The molecule has 3 amide bonds. The highest BCUT2D eigenvalue weighted by Crippen LogP contribution is 2.31. The molecular weight excluding hydrogens is 312 g/mol. The fourth-order valence-corrected chi connectivity index (χ4v) is 2.62.